The molecule has 5 atom stereocenters. The summed E-state index contributed by atoms with van der Waals surface area (Å²) >= 11 is 0. The monoisotopic (exact) mass is 274 g/mol. The fourth-order valence-corrected chi connectivity index (χ4v) is 1.86. The SMILES string of the molecule is C=CCOC[C@H]1O[C@H](OC)[C@H](OCC=C)[C@@H](O)[C@H]1O. The highest BCUT2D eigenvalue weighted by atomic mass is 16.7. The Balaban J connectivity index is 2.61. The molecular weight excluding hydrogens is 252 g/mol. The molecule has 1 rings (SSSR count). The first-order valence-electron chi connectivity index (χ1n) is 6.11. The fourth-order valence-electron chi connectivity index (χ4n) is 1.86. The van der Waals surface area contributed by atoms with E-state index in [1.54, 1.807) is 12.2 Å². The summed E-state index contributed by atoms with van der Waals surface area (Å²) in [5.74, 6) is 0. The average Bonchev–Trinajstić information content (AvgIpc) is 2.42. The van der Waals surface area contributed by atoms with Crippen LogP contribution in [0, 0.1) is 0 Å². The molecule has 1 fully saturated rings. The van der Waals surface area contributed by atoms with Gasteiger partial charge in [0.05, 0.1) is 19.8 Å². The van der Waals surface area contributed by atoms with Crippen LogP contribution in [0.3, 0.4) is 0 Å². The van der Waals surface area contributed by atoms with Crippen LogP contribution in [0.2, 0.25) is 0 Å². The van der Waals surface area contributed by atoms with Gasteiger partial charge in [0.15, 0.2) is 6.29 Å². The maximum absolute atomic E-state index is 10.0. The van der Waals surface area contributed by atoms with Crippen molar-refractivity contribution < 1.29 is 29.2 Å². The number of rotatable bonds is 8. The van der Waals surface area contributed by atoms with Crippen molar-refractivity contribution in [2.45, 2.75) is 30.7 Å². The Labute approximate surface area is 113 Å². The fraction of sp³-hybridized carbons (Fsp3) is 0.692. The van der Waals surface area contributed by atoms with Crippen LogP contribution in [0.4, 0.5) is 0 Å². The molecule has 6 heteroatoms. The molecule has 0 aliphatic carbocycles. The van der Waals surface area contributed by atoms with Crippen LogP contribution < -0.4 is 0 Å². The molecule has 2 N–H and O–H groups in total. The van der Waals surface area contributed by atoms with Crippen molar-refractivity contribution in [3.05, 3.63) is 25.3 Å². The Hall–Kier alpha value is -0.760. The lowest BCUT2D eigenvalue weighted by Crippen LogP contribution is -2.60. The zero-order valence-corrected chi connectivity index (χ0v) is 11.1. The van der Waals surface area contributed by atoms with E-state index in [2.05, 4.69) is 13.2 Å². The molecule has 1 aliphatic rings. The van der Waals surface area contributed by atoms with Crippen molar-refractivity contribution in [2.75, 3.05) is 26.9 Å². The van der Waals surface area contributed by atoms with Crippen LogP contribution >= 0.6 is 0 Å². The molecule has 1 aliphatic heterocycles. The van der Waals surface area contributed by atoms with Gasteiger partial charge in [-0.15, -0.1) is 13.2 Å². The molecule has 0 spiro atoms. The molecule has 0 saturated carbocycles. The Bertz CT molecular complexity index is 278. The summed E-state index contributed by atoms with van der Waals surface area (Å²) in [6.07, 6.45) is -1.30. The normalized spacial score (nSPS) is 35.0. The number of hydrogen-bond acceptors (Lipinski definition) is 6. The van der Waals surface area contributed by atoms with E-state index in [0.29, 0.717) is 6.61 Å². The van der Waals surface area contributed by atoms with Gasteiger partial charge in [0.2, 0.25) is 0 Å². The first-order chi connectivity index (χ1) is 9.15. The Morgan fingerprint density at radius 3 is 2.42 bits per heavy atom. The van der Waals surface area contributed by atoms with Crippen molar-refractivity contribution in [3.8, 4) is 0 Å². The standard InChI is InChI=1S/C13H22O6/c1-4-6-17-8-9-10(14)11(15)12(18-7-5-2)13(16-3)19-9/h4-5,9-15H,1-2,6-8H2,3H3/t9-,10+,11+,12-,13+/m1/s1. The van der Waals surface area contributed by atoms with E-state index in [4.69, 9.17) is 18.9 Å². The van der Waals surface area contributed by atoms with Gasteiger partial charge in [-0.05, 0) is 0 Å². The van der Waals surface area contributed by atoms with Gasteiger partial charge in [-0.1, -0.05) is 12.2 Å². The van der Waals surface area contributed by atoms with Gasteiger partial charge in [-0.25, -0.2) is 0 Å². The average molecular weight is 274 g/mol. The highest BCUT2D eigenvalue weighted by molar-refractivity contribution is 4.90. The minimum absolute atomic E-state index is 0.137. The Kier molecular flexibility index (Phi) is 7.22. The van der Waals surface area contributed by atoms with Crippen LogP contribution in [0.15, 0.2) is 25.3 Å². The van der Waals surface area contributed by atoms with E-state index in [9.17, 15) is 10.2 Å². The second-order valence-corrected chi connectivity index (χ2v) is 4.17. The number of hydrogen-bond donors (Lipinski definition) is 2. The smallest absolute Gasteiger partial charge is 0.186 e. The van der Waals surface area contributed by atoms with Gasteiger partial charge < -0.3 is 29.2 Å². The summed E-state index contributed by atoms with van der Waals surface area (Å²) in [4.78, 5) is 0. The molecule has 0 unspecified atom stereocenters. The second-order valence-electron chi connectivity index (χ2n) is 4.17. The topological polar surface area (TPSA) is 77.4 Å². The predicted octanol–water partition coefficient (Wildman–Crippen LogP) is -0.147. The Morgan fingerprint density at radius 1 is 1.16 bits per heavy atom. The minimum atomic E-state index is -1.11. The van der Waals surface area contributed by atoms with E-state index in [0.717, 1.165) is 0 Å². The molecule has 0 amide bonds. The van der Waals surface area contributed by atoms with E-state index in [-0.39, 0.29) is 13.2 Å². The van der Waals surface area contributed by atoms with Crippen LogP contribution in [-0.2, 0) is 18.9 Å². The molecule has 0 aromatic carbocycles. The summed E-state index contributed by atoms with van der Waals surface area (Å²) < 4.78 is 21.2. The quantitative estimate of drug-likeness (QED) is 0.473. The zero-order chi connectivity index (χ0) is 14.3. The summed E-state index contributed by atoms with van der Waals surface area (Å²) in [5, 5.41) is 20.0. The highest BCUT2D eigenvalue weighted by Crippen LogP contribution is 2.24. The summed E-state index contributed by atoms with van der Waals surface area (Å²) in [6, 6.07) is 0. The molecule has 0 bridgehead atoms. The third kappa shape index (κ3) is 4.38. The van der Waals surface area contributed by atoms with Gasteiger partial charge in [0, 0.05) is 7.11 Å². The van der Waals surface area contributed by atoms with Gasteiger partial charge in [-0.2, -0.15) is 0 Å². The molecular formula is C13H22O6. The summed E-state index contributed by atoms with van der Waals surface area (Å²) in [7, 11) is 1.45. The van der Waals surface area contributed by atoms with Crippen LogP contribution in [-0.4, -0.2) is 67.8 Å². The van der Waals surface area contributed by atoms with Crippen molar-refractivity contribution in [1.29, 1.82) is 0 Å². The highest BCUT2D eigenvalue weighted by Gasteiger charge is 2.45. The van der Waals surface area contributed by atoms with Crippen molar-refractivity contribution >= 4 is 0 Å². The lowest BCUT2D eigenvalue weighted by Gasteiger charge is -2.41. The van der Waals surface area contributed by atoms with E-state index in [1.165, 1.54) is 7.11 Å². The van der Waals surface area contributed by atoms with Gasteiger partial charge in [0.1, 0.15) is 24.4 Å². The summed E-state index contributed by atoms with van der Waals surface area (Å²) in [6.45, 7) is 7.76. The molecule has 0 aromatic heterocycles. The molecule has 110 valence electrons. The number of methoxy groups -OCH3 is 1. The molecule has 0 aromatic rings. The van der Waals surface area contributed by atoms with E-state index < -0.39 is 30.7 Å². The van der Waals surface area contributed by atoms with Crippen molar-refractivity contribution in [3.63, 3.8) is 0 Å². The van der Waals surface area contributed by atoms with Gasteiger partial charge in [-0.3, -0.25) is 0 Å². The first kappa shape index (κ1) is 16.3. The van der Waals surface area contributed by atoms with E-state index in [1.807, 2.05) is 0 Å². The summed E-state index contributed by atoms with van der Waals surface area (Å²) in [5.41, 5.74) is 0. The molecule has 6 nitrogen and oxygen atoms in total. The number of aliphatic hydroxyl groups is 2. The predicted molar refractivity (Wildman–Crippen MR) is 68.6 cm³/mol. The Morgan fingerprint density at radius 2 is 1.84 bits per heavy atom. The van der Waals surface area contributed by atoms with Crippen LogP contribution in [0.5, 0.6) is 0 Å². The van der Waals surface area contributed by atoms with Crippen LogP contribution in [0.1, 0.15) is 0 Å². The van der Waals surface area contributed by atoms with Gasteiger partial charge >= 0.3 is 0 Å². The maximum atomic E-state index is 10.0. The first-order valence-corrected chi connectivity index (χ1v) is 6.11. The molecule has 0 radical (unpaired) electrons. The third-order valence-corrected chi connectivity index (χ3v) is 2.80. The second kappa shape index (κ2) is 8.42. The van der Waals surface area contributed by atoms with Crippen molar-refractivity contribution in [2.24, 2.45) is 0 Å². The number of aliphatic hydroxyl groups excluding tert-OH is 2. The third-order valence-electron chi connectivity index (χ3n) is 2.80. The minimum Gasteiger partial charge on any atom is -0.387 e. The van der Waals surface area contributed by atoms with Crippen molar-refractivity contribution in [1.82, 2.24) is 0 Å². The zero-order valence-electron chi connectivity index (χ0n) is 11.1. The van der Waals surface area contributed by atoms with E-state index >= 15 is 0 Å². The lowest BCUT2D eigenvalue weighted by atomic mass is 9.99. The van der Waals surface area contributed by atoms with Crippen LogP contribution in [0.25, 0.3) is 0 Å². The molecule has 1 heterocycles. The number of ether oxygens (including phenoxy) is 4. The molecule has 19 heavy (non-hydrogen) atoms. The molecule has 1 saturated heterocycles. The lowest BCUT2D eigenvalue weighted by molar-refractivity contribution is -0.303. The van der Waals surface area contributed by atoms with Gasteiger partial charge in [0.25, 0.3) is 0 Å². The maximum Gasteiger partial charge on any atom is 0.186 e. The largest absolute Gasteiger partial charge is 0.387 e.